The van der Waals surface area contributed by atoms with E-state index in [1.165, 1.54) is 0 Å². The van der Waals surface area contributed by atoms with Gasteiger partial charge in [0.2, 0.25) is 5.76 Å². The van der Waals surface area contributed by atoms with Crippen LogP contribution < -0.4 is 10.2 Å². The fourth-order valence-electron chi connectivity index (χ4n) is 3.75. The second-order valence-electron chi connectivity index (χ2n) is 6.99. The maximum absolute atomic E-state index is 13.2. The summed E-state index contributed by atoms with van der Waals surface area (Å²) in [6.07, 6.45) is 1.73. The third-order valence-electron chi connectivity index (χ3n) is 5.01. The van der Waals surface area contributed by atoms with E-state index in [1.54, 1.807) is 29.2 Å². The number of ether oxygens (including phenoxy) is 1. The summed E-state index contributed by atoms with van der Waals surface area (Å²) in [7, 11) is 0. The molecular weight excluding hydrogens is 354 g/mol. The Labute approximate surface area is 163 Å². The van der Waals surface area contributed by atoms with Gasteiger partial charge < -0.3 is 14.1 Å². The monoisotopic (exact) mass is 377 g/mol. The van der Waals surface area contributed by atoms with Crippen molar-refractivity contribution in [2.24, 2.45) is 0 Å². The topological polar surface area (TPSA) is 59.8 Å². The first-order valence-corrected chi connectivity index (χ1v) is 9.75. The molecule has 1 aromatic heterocycles. The maximum Gasteiger partial charge on any atom is 0.290 e. The molecule has 0 saturated heterocycles. The van der Waals surface area contributed by atoms with E-state index in [4.69, 9.17) is 9.15 Å². The van der Waals surface area contributed by atoms with Crippen LogP contribution in [0.3, 0.4) is 0 Å². The Morgan fingerprint density at radius 3 is 2.46 bits per heavy atom. The molecule has 0 N–H and O–H groups in total. The molecule has 0 radical (unpaired) electrons. The molecule has 1 aliphatic rings. The molecule has 0 spiro atoms. The highest BCUT2D eigenvalue weighted by Gasteiger charge is 2.42. The standard InChI is InChI=1S/C23H23NO4/c1-3-13-24-20(15-9-11-16(12-10-15)27-14-4-2)19-21(25)17-7-5-6-8-18(17)28-22(19)23(24)26/h5-12,20H,3-4,13-14H2,1-2H3/t20-/m1/s1. The van der Waals surface area contributed by atoms with Crippen LogP contribution in [0.1, 0.15) is 54.4 Å². The third-order valence-corrected chi connectivity index (χ3v) is 5.01. The number of carbonyl (C=O) groups excluding carboxylic acids is 1. The lowest BCUT2D eigenvalue weighted by Crippen LogP contribution is -2.30. The molecule has 28 heavy (non-hydrogen) atoms. The molecule has 5 heteroatoms. The Morgan fingerprint density at radius 1 is 1.00 bits per heavy atom. The number of hydrogen-bond donors (Lipinski definition) is 0. The molecule has 144 valence electrons. The molecule has 0 saturated carbocycles. The predicted octanol–water partition coefficient (Wildman–Crippen LogP) is 4.54. The second kappa shape index (κ2) is 7.50. The van der Waals surface area contributed by atoms with E-state index < -0.39 is 6.04 Å². The van der Waals surface area contributed by atoms with Crippen LogP contribution >= 0.6 is 0 Å². The Bertz CT molecular complexity index is 1070. The highest BCUT2D eigenvalue weighted by molar-refractivity contribution is 5.99. The number of amides is 1. The largest absolute Gasteiger partial charge is 0.494 e. The number of rotatable bonds is 6. The van der Waals surface area contributed by atoms with Crippen LogP contribution in [0.15, 0.2) is 57.7 Å². The van der Waals surface area contributed by atoms with Gasteiger partial charge in [-0.05, 0) is 42.7 Å². The zero-order valence-electron chi connectivity index (χ0n) is 16.1. The zero-order chi connectivity index (χ0) is 19.7. The SMILES string of the molecule is CCCOc1ccc([C@@H]2c3c(oc4ccccc4c3=O)C(=O)N2CCC)cc1. The van der Waals surface area contributed by atoms with E-state index in [2.05, 4.69) is 6.92 Å². The van der Waals surface area contributed by atoms with Crippen LogP contribution in [0.4, 0.5) is 0 Å². The van der Waals surface area contributed by atoms with Gasteiger partial charge in [0.05, 0.1) is 23.6 Å². The van der Waals surface area contributed by atoms with E-state index in [0.29, 0.717) is 29.7 Å². The minimum atomic E-state index is -0.441. The van der Waals surface area contributed by atoms with Crippen molar-refractivity contribution in [1.82, 2.24) is 4.90 Å². The molecule has 5 nitrogen and oxygen atoms in total. The Kier molecular flexibility index (Phi) is 4.90. The summed E-state index contributed by atoms with van der Waals surface area (Å²) in [4.78, 5) is 28.0. The molecule has 1 aliphatic heterocycles. The van der Waals surface area contributed by atoms with Gasteiger partial charge in [-0.15, -0.1) is 0 Å². The molecule has 1 amide bonds. The van der Waals surface area contributed by atoms with Gasteiger partial charge in [-0.25, -0.2) is 0 Å². The smallest absolute Gasteiger partial charge is 0.290 e. The molecule has 3 aromatic rings. The number of nitrogens with zero attached hydrogens (tertiary/aromatic N) is 1. The fourth-order valence-corrected chi connectivity index (χ4v) is 3.75. The van der Waals surface area contributed by atoms with Crippen molar-refractivity contribution in [3.8, 4) is 5.75 Å². The first-order chi connectivity index (χ1) is 13.7. The van der Waals surface area contributed by atoms with E-state index >= 15 is 0 Å². The maximum atomic E-state index is 13.2. The second-order valence-corrected chi connectivity index (χ2v) is 6.99. The highest BCUT2D eigenvalue weighted by atomic mass is 16.5. The van der Waals surface area contributed by atoms with E-state index in [9.17, 15) is 9.59 Å². The third kappa shape index (κ3) is 2.97. The number of fused-ring (bicyclic) bond motifs is 2. The van der Waals surface area contributed by atoms with E-state index in [-0.39, 0.29) is 17.1 Å². The van der Waals surface area contributed by atoms with Crippen LogP contribution in [0.25, 0.3) is 11.0 Å². The zero-order valence-corrected chi connectivity index (χ0v) is 16.1. The van der Waals surface area contributed by atoms with Crippen molar-refractivity contribution in [2.45, 2.75) is 32.7 Å². The van der Waals surface area contributed by atoms with Gasteiger partial charge in [-0.2, -0.15) is 0 Å². The first-order valence-electron chi connectivity index (χ1n) is 9.75. The normalized spacial score (nSPS) is 15.9. The van der Waals surface area contributed by atoms with Crippen molar-refractivity contribution in [1.29, 1.82) is 0 Å². The number of hydrogen-bond acceptors (Lipinski definition) is 4. The van der Waals surface area contributed by atoms with E-state index in [0.717, 1.165) is 24.2 Å². The lowest BCUT2D eigenvalue weighted by Gasteiger charge is -2.24. The Hall–Kier alpha value is -3.08. The number of benzene rings is 2. The summed E-state index contributed by atoms with van der Waals surface area (Å²) >= 11 is 0. The van der Waals surface area contributed by atoms with Crippen molar-refractivity contribution in [3.05, 3.63) is 75.6 Å². The Morgan fingerprint density at radius 2 is 1.75 bits per heavy atom. The summed E-state index contributed by atoms with van der Waals surface area (Å²) in [6, 6.07) is 14.3. The summed E-state index contributed by atoms with van der Waals surface area (Å²) in [6.45, 7) is 5.28. The van der Waals surface area contributed by atoms with Gasteiger partial charge in [-0.1, -0.05) is 38.1 Å². The predicted molar refractivity (Wildman–Crippen MR) is 108 cm³/mol. The van der Waals surface area contributed by atoms with Gasteiger partial charge in [-0.3, -0.25) is 9.59 Å². The van der Waals surface area contributed by atoms with Crippen LogP contribution in [-0.2, 0) is 0 Å². The quantitative estimate of drug-likeness (QED) is 0.633. The lowest BCUT2D eigenvalue weighted by molar-refractivity contribution is 0.0728. The van der Waals surface area contributed by atoms with Crippen molar-refractivity contribution in [3.63, 3.8) is 0 Å². The van der Waals surface area contributed by atoms with Crippen molar-refractivity contribution in [2.75, 3.05) is 13.2 Å². The molecule has 1 atom stereocenters. The average molecular weight is 377 g/mol. The highest BCUT2D eigenvalue weighted by Crippen LogP contribution is 2.38. The molecule has 4 rings (SSSR count). The molecule has 2 aromatic carbocycles. The summed E-state index contributed by atoms with van der Waals surface area (Å²) in [5.41, 5.74) is 1.62. The van der Waals surface area contributed by atoms with Crippen LogP contribution in [-0.4, -0.2) is 24.0 Å². The number of carbonyl (C=O) groups is 1. The molecule has 0 bridgehead atoms. The van der Waals surface area contributed by atoms with Crippen LogP contribution in [0.2, 0.25) is 0 Å². The average Bonchev–Trinajstić information content (AvgIpc) is 3.00. The van der Waals surface area contributed by atoms with Crippen molar-refractivity contribution < 1.29 is 13.9 Å². The first kappa shape index (κ1) is 18.3. The fraction of sp³-hybridized carbons (Fsp3) is 0.304. The van der Waals surface area contributed by atoms with Crippen LogP contribution in [0.5, 0.6) is 5.75 Å². The molecule has 0 unspecified atom stereocenters. The molecule has 0 aliphatic carbocycles. The Balaban J connectivity index is 1.85. The van der Waals surface area contributed by atoms with Crippen LogP contribution in [0, 0.1) is 0 Å². The van der Waals surface area contributed by atoms with Crippen molar-refractivity contribution >= 4 is 16.9 Å². The summed E-state index contributed by atoms with van der Waals surface area (Å²) < 4.78 is 11.5. The van der Waals surface area contributed by atoms with Gasteiger partial charge in [0, 0.05) is 6.54 Å². The van der Waals surface area contributed by atoms with Gasteiger partial charge in [0.25, 0.3) is 5.91 Å². The molecule has 2 heterocycles. The number of para-hydroxylation sites is 1. The minimum absolute atomic E-state index is 0.139. The van der Waals surface area contributed by atoms with Gasteiger partial charge in [0.15, 0.2) is 5.43 Å². The summed E-state index contributed by atoms with van der Waals surface area (Å²) in [5.74, 6) is 0.715. The van der Waals surface area contributed by atoms with E-state index in [1.807, 2.05) is 31.2 Å². The van der Waals surface area contributed by atoms with Gasteiger partial charge in [0.1, 0.15) is 11.3 Å². The summed E-state index contributed by atoms with van der Waals surface area (Å²) in [5, 5.41) is 0.500. The minimum Gasteiger partial charge on any atom is -0.494 e. The lowest BCUT2D eigenvalue weighted by atomic mass is 9.98. The molecular formula is C23H23NO4. The van der Waals surface area contributed by atoms with Gasteiger partial charge >= 0.3 is 0 Å². The molecule has 0 fully saturated rings.